The van der Waals surface area contributed by atoms with Crippen LogP contribution in [0.4, 0.5) is 0 Å². The second kappa shape index (κ2) is 13.6. The van der Waals surface area contributed by atoms with E-state index in [-0.39, 0.29) is 0 Å². The topological polar surface area (TPSA) is 12.0 Å². The number of nitrogens with one attached hydrogen (secondary N) is 1. The molecule has 0 heterocycles. The van der Waals surface area contributed by atoms with Crippen molar-refractivity contribution in [1.29, 1.82) is 0 Å². The van der Waals surface area contributed by atoms with Gasteiger partial charge in [-0.1, -0.05) is 73.6 Å². The largest absolute Gasteiger partial charge is 0.317 e. The highest BCUT2D eigenvalue weighted by molar-refractivity contribution is 4.60. The average molecular weight is 298 g/mol. The number of unbranched alkanes of at least 4 members (excludes halogenated alkanes) is 1. The second-order valence-electron chi connectivity index (χ2n) is 8.20. The number of hydrogen-bond acceptors (Lipinski definition) is 1. The molecule has 21 heavy (non-hydrogen) atoms. The summed E-state index contributed by atoms with van der Waals surface area (Å²) in [6.07, 6.45) is 11.1. The molecule has 0 saturated carbocycles. The van der Waals surface area contributed by atoms with Crippen LogP contribution in [0, 0.1) is 23.7 Å². The highest BCUT2D eigenvalue weighted by Gasteiger charge is 2.05. The summed E-state index contributed by atoms with van der Waals surface area (Å²) >= 11 is 0. The Morgan fingerprint density at radius 3 is 1.86 bits per heavy atom. The summed E-state index contributed by atoms with van der Waals surface area (Å²) in [5.74, 6) is 3.53. The van der Waals surface area contributed by atoms with E-state index in [1.807, 2.05) is 0 Å². The zero-order valence-corrected chi connectivity index (χ0v) is 15.9. The minimum atomic E-state index is 0.857. The van der Waals surface area contributed by atoms with Gasteiger partial charge >= 0.3 is 0 Å². The van der Waals surface area contributed by atoms with Gasteiger partial charge in [-0.15, -0.1) is 0 Å². The van der Waals surface area contributed by atoms with Gasteiger partial charge in [-0.05, 0) is 56.0 Å². The van der Waals surface area contributed by atoms with E-state index in [1.165, 1.54) is 64.5 Å². The fraction of sp³-hybridized carbons (Fsp3) is 1.00. The Labute approximate surface area is 135 Å². The SMILES string of the molecule is CC(C)CCCC(C)CCNCCCCC(C)CC(C)C. The van der Waals surface area contributed by atoms with Crippen molar-refractivity contribution in [3.05, 3.63) is 0 Å². The van der Waals surface area contributed by atoms with Crippen LogP contribution in [0.3, 0.4) is 0 Å². The summed E-state index contributed by atoms with van der Waals surface area (Å²) in [7, 11) is 0. The van der Waals surface area contributed by atoms with Crippen LogP contribution in [0.1, 0.15) is 92.9 Å². The fourth-order valence-corrected chi connectivity index (χ4v) is 3.16. The molecule has 0 fully saturated rings. The molecule has 0 aliphatic carbocycles. The number of hydrogen-bond donors (Lipinski definition) is 1. The summed E-state index contributed by atoms with van der Waals surface area (Å²) < 4.78 is 0. The lowest BCUT2D eigenvalue weighted by Gasteiger charge is -2.14. The third kappa shape index (κ3) is 16.2. The maximum atomic E-state index is 3.63. The van der Waals surface area contributed by atoms with E-state index >= 15 is 0 Å². The van der Waals surface area contributed by atoms with Crippen molar-refractivity contribution in [2.75, 3.05) is 13.1 Å². The van der Waals surface area contributed by atoms with Crippen molar-refractivity contribution in [3.63, 3.8) is 0 Å². The van der Waals surface area contributed by atoms with E-state index in [2.05, 4.69) is 46.9 Å². The first-order valence-corrected chi connectivity index (χ1v) is 9.62. The van der Waals surface area contributed by atoms with Gasteiger partial charge in [0.25, 0.3) is 0 Å². The summed E-state index contributed by atoms with van der Waals surface area (Å²) in [5.41, 5.74) is 0. The normalized spacial score (nSPS) is 14.9. The molecule has 0 amide bonds. The van der Waals surface area contributed by atoms with E-state index in [4.69, 9.17) is 0 Å². The van der Waals surface area contributed by atoms with Gasteiger partial charge < -0.3 is 5.32 Å². The van der Waals surface area contributed by atoms with Gasteiger partial charge in [-0.25, -0.2) is 0 Å². The van der Waals surface area contributed by atoms with Crippen LogP contribution in [-0.4, -0.2) is 13.1 Å². The Morgan fingerprint density at radius 2 is 1.24 bits per heavy atom. The Kier molecular flexibility index (Phi) is 13.6. The van der Waals surface area contributed by atoms with Gasteiger partial charge in [-0.2, -0.15) is 0 Å². The Balaban J connectivity index is 3.28. The van der Waals surface area contributed by atoms with Crippen molar-refractivity contribution in [2.45, 2.75) is 92.9 Å². The third-order valence-electron chi connectivity index (χ3n) is 4.47. The van der Waals surface area contributed by atoms with Gasteiger partial charge in [0.1, 0.15) is 0 Å². The molecule has 0 radical (unpaired) electrons. The first kappa shape index (κ1) is 21.0. The molecule has 2 atom stereocenters. The van der Waals surface area contributed by atoms with Gasteiger partial charge in [0.2, 0.25) is 0 Å². The monoisotopic (exact) mass is 297 g/mol. The van der Waals surface area contributed by atoms with Crippen molar-refractivity contribution < 1.29 is 0 Å². The third-order valence-corrected chi connectivity index (χ3v) is 4.47. The summed E-state index contributed by atoms with van der Waals surface area (Å²) in [5, 5.41) is 3.63. The van der Waals surface area contributed by atoms with Crippen LogP contribution < -0.4 is 5.32 Å². The molecule has 1 N–H and O–H groups in total. The molecule has 1 heteroatoms. The second-order valence-corrected chi connectivity index (χ2v) is 8.20. The molecule has 128 valence electrons. The molecule has 0 spiro atoms. The maximum Gasteiger partial charge on any atom is -0.00464 e. The molecule has 0 saturated heterocycles. The molecule has 0 aliphatic rings. The molecular weight excluding hydrogens is 254 g/mol. The lowest BCUT2D eigenvalue weighted by atomic mass is 9.94. The number of rotatable bonds is 14. The maximum absolute atomic E-state index is 3.63. The molecule has 0 aliphatic heterocycles. The Hall–Kier alpha value is -0.0400. The summed E-state index contributed by atoms with van der Waals surface area (Å²) in [6.45, 7) is 16.6. The van der Waals surface area contributed by atoms with Crippen LogP contribution in [0.25, 0.3) is 0 Å². The van der Waals surface area contributed by atoms with Crippen molar-refractivity contribution in [2.24, 2.45) is 23.7 Å². The standard InChI is InChI=1S/C20H43N/c1-17(2)10-9-12-19(5)13-15-21-14-8-7-11-20(6)16-18(3)4/h17-21H,7-16H2,1-6H3. The van der Waals surface area contributed by atoms with E-state index in [9.17, 15) is 0 Å². The van der Waals surface area contributed by atoms with Crippen LogP contribution in [0.15, 0.2) is 0 Å². The van der Waals surface area contributed by atoms with Crippen molar-refractivity contribution >= 4 is 0 Å². The zero-order valence-electron chi connectivity index (χ0n) is 15.9. The van der Waals surface area contributed by atoms with Gasteiger partial charge in [0, 0.05) is 0 Å². The zero-order chi connectivity index (χ0) is 16.1. The van der Waals surface area contributed by atoms with Gasteiger partial charge in [0.15, 0.2) is 0 Å². The lowest BCUT2D eigenvalue weighted by Crippen LogP contribution is -2.19. The molecule has 0 aromatic rings. The van der Waals surface area contributed by atoms with Crippen LogP contribution in [-0.2, 0) is 0 Å². The highest BCUT2D eigenvalue weighted by Crippen LogP contribution is 2.17. The Bertz CT molecular complexity index is 210. The smallest absolute Gasteiger partial charge is 0.00464 e. The van der Waals surface area contributed by atoms with Crippen molar-refractivity contribution in [1.82, 2.24) is 5.32 Å². The fourth-order valence-electron chi connectivity index (χ4n) is 3.16. The molecule has 0 aromatic heterocycles. The van der Waals surface area contributed by atoms with E-state index < -0.39 is 0 Å². The summed E-state index contributed by atoms with van der Waals surface area (Å²) in [4.78, 5) is 0. The predicted octanol–water partition coefficient (Wildman–Crippen LogP) is 6.28. The molecular formula is C20H43N. The van der Waals surface area contributed by atoms with E-state index in [0.717, 1.165) is 23.7 Å². The van der Waals surface area contributed by atoms with Crippen LogP contribution in [0.5, 0.6) is 0 Å². The molecule has 0 bridgehead atoms. The predicted molar refractivity (Wildman–Crippen MR) is 97.8 cm³/mol. The van der Waals surface area contributed by atoms with Gasteiger partial charge in [0.05, 0.1) is 0 Å². The Morgan fingerprint density at radius 1 is 0.571 bits per heavy atom. The average Bonchev–Trinajstić information content (AvgIpc) is 2.36. The molecule has 1 nitrogen and oxygen atoms in total. The highest BCUT2D eigenvalue weighted by atomic mass is 14.8. The van der Waals surface area contributed by atoms with Gasteiger partial charge in [-0.3, -0.25) is 0 Å². The first-order chi connectivity index (χ1) is 9.91. The quantitative estimate of drug-likeness (QED) is 0.372. The minimum Gasteiger partial charge on any atom is -0.317 e. The molecule has 2 unspecified atom stereocenters. The van der Waals surface area contributed by atoms with Crippen molar-refractivity contribution in [3.8, 4) is 0 Å². The summed E-state index contributed by atoms with van der Waals surface area (Å²) in [6, 6.07) is 0. The lowest BCUT2D eigenvalue weighted by molar-refractivity contribution is 0.395. The van der Waals surface area contributed by atoms with E-state index in [1.54, 1.807) is 0 Å². The van der Waals surface area contributed by atoms with Crippen LogP contribution >= 0.6 is 0 Å². The van der Waals surface area contributed by atoms with Crippen LogP contribution in [0.2, 0.25) is 0 Å². The van der Waals surface area contributed by atoms with E-state index in [0.29, 0.717) is 0 Å². The minimum absolute atomic E-state index is 0.857. The molecule has 0 aromatic carbocycles. The first-order valence-electron chi connectivity index (χ1n) is 9.62. The molecule has 0 rings (SSSR count).